The van der Waals surface area contributed by atoms with E-state index in [-0.39, 0.29) is 35.5 Å². The first-order valence-electron chi connectivity index (χ1n) is 13.1. The lowest BCUT2D eigenvalue weighted by molar-refractivity contribution is -0.140. The van der Waals surface area contributed by atoms with E-state index in [1.165, 1.54) is 55.5 Å². The monoisotopic (exact) mass is 585 g/mol. The summed E-state index contributed by atoms with van der Waals surface area (Å²) in [5, 5.41) is 2.85. The predicted octanol–water partition coefficient (Wildman–Crippen LogP) is 4.37. The van der Waals surface area contributed by atoms with E-state index in [1.807, 2.05) is 13.8 Å². The second kappa shape index (κ2) is 14.0. The van der Waals surface area contributed by atoms with Gasteiger partial charge in [-0.1, -0.05) is 19.1 Å². The van der Waals surface area contributed by atoms with Crippen molar-refractivity contribution in [3.05, 3.63) is 84.2 Å². The minimum atomic E-state index is -4.29. The molecule has 0 heterocycles. The van der Waals surface area contributed by atoms with Gasteiger partial charge in [-0.15, -0.1) is 0 Å². The molecule has 9 nitrogen and oxygen atoms in total. The van der Waals surface area contributed by atoms with Crippen LogP contribution < -0.4 is 19.1 Å². The molecule has 1 N–H and O–H groups in total. The van der Waals surface area contributed by atoms with Crippen molar-refractivity contribution in [2.24, 2.45) is 0 Å². The first kappa shape index (κ1) is 31.4. The highest BCUT2D eigenvalue weighted by atomic mass is 32.2. The summed E-state index contributed by atoms with van der Waals surface area (Å²) in [6.07, 6.45) is 0.288. The van der Waals surface area contributed by atoms with Crippen molar-refractivity contribution in [3.63, 3.8) is 0 Å². The van der Waals surface area contributed by atoms with E-state index in [4.69, 9.17) is 9.47 Å². The molecule has 11 heteroatoms. The molecule has 0 fully saturated rings. The molecule has 0 spiro atoms. The average molecular weight is 586 g/mol. The highest BCUT2D eigenvalue weighted by Crippen LogP contribution is 2.26. The number of carbonyl (C=O) groups is 2. The Balaban J connectivity index is 2.06. The Morgan fingerprint density at radius 1 is 0.927 bits per heavy atom. The smallest absolute Gasteiger partial charge is 0.264 e. The third-order valence-corrected chi connectivity index (χ3v) is 8.13. The third-order valence-electron chi connectivity index (χ3n) is 6.34. The van der Waals surface area contributed by atoms with Gasteiger partial charge in [0.1, 0.15) is 29.9 Å². The number of sulfonamides is 1. The predicted molar refractivity (Wildman–Crippen MR) is 155 cm³/mol. The van der Waals surface area contributed by atoms with E-state index in [1.54, 1.807) is 31.2 Å². The second-order valence-electron chi connectivity index (χ2n) is 9.62. The zero-order chi connectivity index (χ0) is 30.2. The zero-order valence-electron chi connectivity index (χ0n) is 23.8. The van der Waals surface area contributed by atoms with Crippen molar-refractivity contribution in [2.45, 2.75) is 50.7 Å². The van der Waals surface area contributed by atoms with Gasteiger partial charge in [0.25, 0.3) is 10.0 Å². The van der Waals surface area contributed by atoms with Crippen LogP contribution in [0.4, 0.5) is 10.1 Å². The number of carbonyl (C=O) groups excluding carboxylic acids is 2. The van der Waals surface area contributed by atoms with E-state index in [9.17, 15) is 22.4 Å². The van der Waals surface area contributed by atoms with Gasteiger partial charge in [-0.3, -0.25) is 13.9 Å². The number of hydrogen-bond acceptors (Lipinski definition) is 6. The number of benzene rings is 3. The summed E-state index contributed by atoms with van der Waals surface area (Å²) in [6.45, 7) is 4.81. The lowest BCUT2D eigenvalue weighted by atomic mass is 10.1. The van der Waals surface area contributed by atoms with Gasteiger partial charge in [0.15, 0.2) is 0 Å². The molecular formula is C30H36FN3O6S. The van der Waals surface area contributed by atoms with Gasteiger partial charge in [0.2, 0.25) is 11.8 Å². The topological polar surface area (TPSA) is 105 Å². The van der Waals surface area contributed by atoms with Crippen LogP contribution in [0.5, 0.6) is 11.5 Å². The quantitative estimate of drug-likeness (QED) is 0.320. The van der Waals surface area contributed by atoms with E-state index in [0.717, 1.165) is 16.4 Å². The molecule has 0 aliphatic carbocycles. The highest BCUT2D eigenvalue weighted by molar-refractivity contribution is 7.92. The summed E-state index contributed by atoms with van der Waals surface area (Å²) < 4.78 is 52.9. The summed E-state index contributed by atoms with van der Waals surface area (Å²) >= 11 is 0. The van der Waals surface area contributed by atoms with E-state index >= 15 is 0 Å². The molecule has 0 aromatic heterocycles. The molecule has 41 heavy (non-hydrogen) atoms. The van der Waals surface area contributed by atoms with E-state index in [2.05, 4.69) is 5.32 Å². The molecule has 0 saturated heterocycles. The number of methoxy groups -OCH3 is 2. The fourth-order valence-corrected chi connectivity index (χ4v) is 5.69. The van der Waals surface area contributed by atoms with Crippen LogP contribution in [-0.4, -0.2) is 58.0 Å². The minimum Gasteiger partial charge on any atom is -0.497 e. The molecule has 0 aliphatic rings. The van der Waals surface area contributed by atoms with Crippen LogP contribution in [0.25, 0.3) is 0 Å². The fraction of sp³-hybridized carbons (Fsp3) is 0.333. The van der Waals surface area contributed by atoms with Gasteiger partial charge >= 0.3 is 0 Å². The maximum Gasteiger partial charge on any atom is 0.264 e. The van der Waals surface area contributed by atoms with Crippen LogP contribution in [0.2, 0.25) is 0 Å². The molecule has 1 atom stereocenters. The molecule has 0 aliphatic heterocycles. The highest BCUT2D eigenvalue weighted by Gasteiger charge is 2.34. The van der Waals surface area contributed by atoms with Crippen molar-refractivity contribution < 1.29 is 31.9 Å². The number of nitrogens with zero attached hydrogens (tertiary/aromatic N) is 2. The summed E-state index contributed by atoms with van der Waals surface area (Å²) in [6, 6.07) is 16.6. The van der Waals surface area contributed by atoms with Crippen LogP contribution >= 0.6 is 0 Å². The normalized spacial score (nSPS) is 12.0. The van der Waals surface area contributed by atoms with Gasteiger partial charge in [-0.25, -0.2) is 12.8 Å². The van der Waals surface area contributed by atoms with E-state index < -0.39 is 34.3 Å². The number of hydrogen-bond donors (Lipinski definition) is 1. The largest absolute Gasteiger partial charge is 0.497 e. The first-order chi connectivity index (χ1) is 19.5. The van der Waals surface area contributed by atoms with Gasteiger partial charge in [-0.05, 0) is 86.5 Å². The lowest BCUT2D eigenvalue weighted by Gasteiger charge is -2.33. The van der Waals surface area contributed by atoms with Crippen LogP contribution in [0.3, 0.4) is 0 Å². The number of anilines is 1. The molecular weight excluding hydrogens is 549 g/mol. The molecule has 3 aromatic carbocycles. The Morgan fingerprint density at radius 2 is 1.56 bits per heavy atom. The standard InChI is InChI=1S/C30H36FN3O6S/c1-6-28(30(36)32-21(2)3)33(19-22-8-7-9-26(18-22)40-5)29(35)20-34(24-12-10-23(31)11-13-24)41(37,38)27-16-14-25(39-4)15-17-27/h7-18,21,28H,6,19-20H2,1-5H3,(H,32,36)/t28-/m1/s1. The zero-order valence-corrected chi connectivity index (χ0v) is 24.7. The van der Waals surface area contributed by atoms with Gasteiger partial charge in [0, 0.05) is 12.6 Å². The van der Waals surface area contributed by atoms with E-state index in [0.29, 0.717) is 17.1 Å². The summed E-state index contributed by atoms with van der Waals surface area (Å²) in [5.74, 6) is -0.493. The van der Waals surface area contributed by atoms with Crippen LogP contribution in [0, 0.1) is 5.82 Å². The number of halogens is 1. The molecule has 2 amide bonds. The van der Waals surface area contributed by atoms with Crippen LogP contribution in [0.15, 0.2) is 77.7 Å². The molecule has 3 aromatic rings. The van der Waals surface area contributed by atoms with Gasteiger partial charge < -0.3 is 19.7 Å². The SMILES string of the molecule is CC[C@H](C(=O)NC(C)C)N(Cc1cccc(OC)c1)C(=O)CN(c1ccc(F)cc1)S(=O)(=O)c1ccc(OC)cc1. The van der Waals surface area contributed by atoms with Crippen molar-refractivity contribution in [1.29, 1.82) is 0 Å². The molecule has 0 unspecified atom stereocenters. The average Bonchev–Trinajstić information content (AvgIpc) is 2.96. The lowest BCUT2D eigenvalue weighted by Crippen LogP contribution is -2.53. The Hall–Kier alpha value is -4.12. The maximum absolute atomic E-state index is 14.0. The van der Waals surface area contributed by atoms with Crippen LogP contribution in [0.1, 0.15) is 32.8 Å². The first-order valence-corrected chi connectivity index (χ1v) is 14.6. The van der Waals surface area contributed by atoms with Crippen molar-refractivity contribution >= 4 is 27.5 Å². The Morgan fingerprint density at radius 3 is 2.12 bits per heavy atom. The molecule has 0 radical (unpaired) electrons. The molecule has 0 saturated carbocycles. The minimum absolute atomic E-state index is 0.0277. The summed E-state index contributed by atoms with van der Waals surface area (Å²) in [7, 11) is -1.30. The van der Waals surface area contributed by atoms with Crippen molar-refractivity contribution in [1.82, 2.24) is 10.2 Å². The number of nitrogens with one attached hydrogen (secondary N) is 1. The molecule has 0 bridgehead atoms. The Bertz CT molecular complexity index is 1430. The number of ether oxygens (including phenoxy) is 2. The molecule has 220 valence electrons. The van der Waals surface area contributed by atoms with Gasteiger partial charge in [0.05, 0.1) is 24.8 Å². The number of rotatable bonds is 13. The fourth-order valence-electron chi connectivity index (χ4n) is 4.28. The van der Waals surface area contributed by atoms with Crippen molar-refractivity contribution in [2.75, 3.05) is 25.1 Å². The van der Waals surface area contributed by atoms with Crippen molar-refractivity contribution in [3.8, 4) is 11.5 Å². The summed E-state index contributed by atoms with van der Waals surface area (Å²) in [4.78, 5) is 28.5. The third kappa shape index (κ3) is 7.97. The summed E-state index contributed by atoms with van der Waals surface area (Å²) in [5.41, 5.74) is 0.788. The Kier molecular flexibility index (Phi) is 10.7. The maximum atomic E-state index is 14.0. The van der Waals surface area contributed by atoms with Crippen LogP contribution in [-0.2, 0) is 26.2 Å². The van der Waals surface area contributed by atoms with Gasteiger partial charge in [-0.2, -0.15) is 0 Å². The Labute approximate surface area is 240 Å². The second-order valence-corrected chi connectivity index (χ2v) is 11.5. The number of amides is 2. The molecule has 3 rings (SSSR count).